The zero-order valence-electron chi connectivity index (χ0n) is 29.8. The number of aromatic nitrogens is 3. The van der Waals surface area contributed by atoms with Crippen molar-refractivity contribution in [1.82, 2.24) is 30.3 Å². The molecule has 54 heavy (non-hydrogen) atoms. The van der Waals surface area contributed by atoms with Gasteiger partial charge in [-0.15, -0.1) is 21.5 Å². The molecular weight excluding hydrogens is 730 g/mol. The first-order valence-corrected chi connectivity index (χ1v) is 19.3. The Kier molecular flexibility index (Phi) is 8.21. The fourth-order valence-electron chi connectivity index (χ4n) is 8.67. The summed E-state index contributed by atoms with van der Waals surface area (Å²) in [5.41, 5.74) is 3.78. The highest BCUT2D eigenvalue weighted by Crippen LogP contribution is 2.47. The second-order valence-corrected chi connectivity index (χ2v) is 16.3. The Hall–Kier alpha value is -5.05. The topological polar surface area (TPSA) is 165 Å². The van der Waals surface area contributed by atoms with Crippen LogP contribution in [-0.2, 0) is 20.8 Å². The third kappa shape index (κ3) is 5.36. The summed E-state index contributed by atoms with van der Waals surface area (Å²) < 4.78 is 8.85. The summed E-state index contributed by atoms with van der Waals surface area (Å²) in [6.45, 7) is 7.34. The fraction of sp³-hybridized carbons (Fsp3) is 0.385. The zero-order chi connectivity index (χ0) is 37.6. The summed E-state index contributed by atoms with van der Waals surface area (Å²) in [7, 11) is 0. The standard InChI is InChI=1S/C39H36ClN7O6S/c1-18-19(2)54-38-32(18)33(21-4-6-23(40)7-5-21)42-27(34-45-44-20(3)46(34)38)17-29(48)26-15-22-14-24-25(16-30(22)53-39(26)10-12-41-13-11-39)37(52)47(36(24)51)28-8-9-31(49)43-35(28)50/h4-7,14,16,26-28,41H,8-13,15,17H2,1-3H3,(H,43,49,50)/t26?,27-,28?/m0/s1. The molecule has 1 spiro atoms. The number of benzene rings is 2. The number of thiophene rings is 1. The molecule has 9 rings (SSSR count). The van der Waals surface area contributed by atoms with Crippen LogP contribution in [0.25, 0.3) is 5.00 Å². The number of carbonyl (C=O) groups excluding carboxylic acids is 5. The minimum Gasteiger partial charge on any atom is -0.486 e. The van der Waals surface area contributed by atoms with Crippen LogP contribution in [0.5, 0.6) is 5.75 Å². The molecule has 2 unspecified atom stereocenters. The highest BCUT2D eigenvalue weighted by Gasteiger charge is 2.51. The number of hydrogen-bond acceptors (Lipinski definition) is 11. The predicted molar refractivity (Wildman–Crippen MR) is 199 cm³/mol. The Balaban J connectivity index is 1.09. The maximum atomic E-state index is 14.9. The molecule has 5 aliphatic heterocycles. The smallest absolute Gasteiger partial charge is 0.262 e. The summed E-state index contributed by atoms with van der Waals surface area (Å²) in [4.78, 5) is 74.2. The van der Waals surface area contributed by atoms with E-state index in [4.69, 9.17) is 21.3 Å². The summed E-state index contributed by atoms with van der Waals surface area (Å²) in [5, 5.41) is 16.2. The van der Waals surface area contributed by atoms with Crippen LogP contribution in [0, 0.1) is 26.7 Å². The van der Waals surface area contributed by atoms with Crippen LogP contribution in [-0.4, -0.2) is 79.5 Å². The highest BCUT2D eigenvalue weighted by atomic mass is 35.5. The lowest BCUT2D eigenvalue weighted by atomic mass is 9.71. The van der Waals surface area contributed by atoms with Gasteiger partial charge in [-0.1, -0.05) is 23.7 Å². The van der Waals surface area contributed by atoms with Crippen molar-refractivity contribution in [3.05, 3.63) is 91.3 Å². The molecule has 3 atom stereocenters. The van der Waals surface area contributed by atoms with Crippen molar-refractivity contribution in [2.24, 2.45) is 10.9 Å². The van der Waals surface area contributed by atoms with E-state index in [-0.39, 0.29) is 36.2 Å². The number of halogens is 1. The number of Topliss-reactive ketones (excluding diaryl/α,β-unsaturated/α-hetero) is 1. The molecule has 2 fully saturated rings. The van der Waals surface area contributed by atoms with E-state index in [9.17, 15) is 24.0 Å². The molecule has 7 heterocycles. The number of carbonyl (C=O) groups is 5. The van der Waals surface area contributed by atoms with Gasteiger partial charge in [0.1, 0.15) is 40.0 Å². The number of piperidine rings is 2. The molecule has 15 heteroatoms. The summed E-state index contributed by atoms with van der Waals surface area (Å²) >= 11 is 7.94. The van der Waals surface area contributed by atoms with Crippen LogP contribution >= 0.6 is 22.9 Å². The molecule has 0 bridgehead atoms. The van der Waals surface area contributed by atoms with Crippen molar-refractivity contribution in [2.45, 2.75) is 77.0 Å². The van der Waals surface area contributed by atoms with E-state index < -0.39 is 47.2 Å². The first-order chi connectivity index (χ1) is 25.9. The Morgan fingerprint density at radius 1 is 1.02 bits per heavy atom. The molecule has 2 N–H and O–H groups in total. The van der Waals surface area contributed by atoms with Crippen molar-refractivity contribution in [3.63, 3.8) is 0 Å². The van der Waals surface area contributed by atoms with Crippen LogP contribution in [0.15, 0.2) is 41.4 Å². The van der Waals surface area contributed by atoms with Crippen molar-refractivity contribution in [2.75, 3.05) is 13.1 Å². The number of nitrogens with one attached hydrogen (secondary N) is 2. The van der Waals surface area contributed by atoms with E-state index in [1.807, 2.05) is 35.8 Å². The van der Waals surface area contributed by atoms with Crippen molar-refractivity contribution in [3.8, 4) is 10.8 Å². The lowest BCUT2D eigenvalue weighted by Gasteiger charge is -2.46. The first kappa shape index (κ1) is 34.7. The van der Waals surface area contributed by atoms with Crippen molar-refractivity contribution < 1.29 is 28.7 Å². The monoisotopic (exact) mass is 765 g/mol. The van der Waals surface area contributed by atoms with Gasteiger partial charge in [0.2, 0.25) is 11.8 Å². The number of fused-ring (bicyclic) bond motifs is 5. The molecule has 2 aromatic heterocycles. The zero-order valence-corrected chi connectivity index (χ0v) is 31.4. The van der Waals surface area contributed by atoms with Gasteiger partial charge in [-0.3, -0.25) is 43.7 Å². The lowest BCUT2D eigenvalue weighted by molar-refractivity contribution is -0.136. The maximum Gasteiger partial charge on any atom is 0.262 e. The largest absolute Gasteiger partial charge is 0.486 e. The minimum absolute atomic E-state index is 0.0271. The summed E-state index contributed by atoms with van der Waals surface area (Å²) in [5.74, 6) is -1.22. The molecular formula is C39H36ClN7O6S. The van der Waals surface area contributed by atoms with E-state index >= 15 is 0 Å². The third-order valence-electron chi connectivity index (χ3n) is 11.6. The van der Waals surface area contributed by atoms with Crippen LogP contribution < -0.4 is 15.4 Å². The van der Waals surface area contributed by atoms with Gasteiger partial charge < -0.3 is 10.1 Å². The van der Waals surface area contributed by atoms with Gasteiger partial charge in [0.25, 0.3) is 11.8 Å². The molecule has 13 nitrogen and oxygen atoms in total. The molecule has 0 radical (unpaired) electrons. The van der Waals surface area contributed by atoms with Gasteiger partial charge in [0.05, 0.1) is 22.8 Å². The van der Waals surface area contributed by atoms with Crippen LogP contribution in [0.4, 0.5) is 0 Å². The van der Waals surface area contributed by atoms with Crippen LogP contribution in [0.2, 0.25) is 5.02 Å². The van der Waals surface area contributed by atoms with Gasteiger partial charge in [-0.25, -0.2) is 0 Å². The van der Waals surface area contributed by atoms with Gasteiger partial charge >= 0.3 is 0 Å². The highest BCUT2D eigenvalue weighted by molar-refractivity contribution is 7.15. The molecule has 4 aromatic rings. The van der Waals surface area contributed by atoms with E-state index in [0.717, 1.165) is 37.2 Å². The molecule has 0 saturated carbocycles. The number of nitrogens with zero attached hydrogens (tertiary/aromatic N) is 5. The number of ether oxygens (including phenoxy) is 1. The molecule has 2 aromatic carbocycles. The Morgan fingerprint density at radius 3 is 2.46 bits per heavy atom. The molecule has 5 aliphatic rings. The van der Waals surface area contributed by atoms with Crippen LogP contribution in [0.1, 0.15) is 97.6 Å². The normalized spacial score (nSPS) is 22.9. The van der Waals surface area contributed by atoms with E-state index in [1.54, 1.807) is 23.5 Å². The maximum absolute atomic E-state index is 14.9. The first-order valence-electron chi connectivity index (χ1n) is 18.1. The average Bonchev–Trinajstić information content (AvgIpc) is 3.72. The number of rotatable bonds is 5. The van der Waals surface area contributed by atoms with Gasteiger partial charge in [-0.2, -0.15) is 0 Å². The molecule has 276 valence electrons. The number of aryl methyl sites for hydroxylation is 2. The number of hydrogen-bond donors (Lipinski definition) is 2. The predicted octanol–water partition coefficient (Wildman–Crippen LogP) is 4.53. The van der Waals surface area contributed by atoms with Gasteiger partial charge in [0, 0.05) is 46.7 Å². The SMILES string of the molecule is Cc1sc2c(c1C)C(c1ccc(Cl)cc1)=N[C@@H](CC(=O)C1Cc3cc4c(cc3OC13CCNCC3)C(=O)N(C1CCC(=O)NC1=O)C4=O)c1nnc(C)n1-2. The van der Waals surface area contributed by atoms with Gasteiger partial charge in [0.15, 0.2) is 5.82 Å². The summed E-state index contributed by atoms with van der Waals surface area (Å²) in [6.07, 6.45) is 1.53. The number of aliphatic imine (C=N–C) groups is 1. The van der Waals surface area contributed by atoms with E-state index in [2.05, 4.69) is 34.7 Å². The molecule has 4 amide bonds. The third-order valence-corrected chi connectivity index (χ3v) is 13.0. The lowest BCUT2D eigenvalue weighted by Crippen LogP contribution is -2.56. The van der Waals surface area contributed by atoms with Gasteiger partial charge in [-0.05, 0) is 82.1 Å². The van der Waals surface area contributed by atoms with E-state index in [1.165, 1.54) is 0 Å². The Bertz CT molecular complexity index is 2360. The number of amides is 4. The Morgan fingerprint density at radius 2 is 1.74 bits per heavy atom. The second kappa shape index (κ2) is 12.8. The average molecular weight is 766 g/mol. The second-order valence-electron chi connectivity index (χ2n) is 14.7. The number of imide groups is 2. The fourth-order valence-corrected chi connectivity index (χ4v) is 10.0. The van der Waals surface area contributed by atoms with E-state index in [0.29, 0.717) is 60.3 Å². The quantitative estimate of drug-likeness (QED) is 0.278. The Labute approximate surface area is 319 Å². The summed E-state index contributed by atoms with van der Waals surface area (Å²) in [6, 6.07) is 9.03. The van der Waals surface area contributed by atoms with Crippen molar-refractivity contribution >= 4 is 58.1 Å². The van der Waals surface area contributed by atoms with Crippen molar-refractivity contribution in [1.29, 1.82) is 0 Å². The number of ketones is 1. The molecule has 0 aliphatic carbocycles. The molecule has 2 saturated heterocycles. The minimum atomic E-state index is -1.08. The van der Waals surface area contributed by atoms with Crippen LogP contribution in [0.3, 0.4) is 0 Å².